The number of piperidine rings is 1. The molecule has 1 aliphatic rings. The molecule has 106 valence electrons. The SMILES string of the molecule is Cc1ccc(-c2cc(C3CCNCC3)n(C)n2)c(C)c1. The number of hydrogen-bond acceptors (Lipinski definition) is 2. The van der Waals surface area contributed by atoms with Gasteiger partial charge in [-0.05, 0) is 51.4 Å². The van der Waals surface area contributed by atoms with Crippen molar-refractivity contribution in [1.29, 1.82) is 0 Å². The number of hydrogen-bond donors (Lipinski definition) is 1. The first-order valence-electron chi connectivity index (χ1n) is 7.47. The lowest BCUT2D eigenvalue weighted by Gasteiger charge is -2.22. The molecule has 1 aliphatic heterocycles. The van der Waals surface area contributed by atoms with Gasteiger partial charge >= 0.3 is 0 Å². The molecule has 0 aliphatic carbocycles. The smallest absolute Gasteiger partial charge is 0.0928 e. The summed E-state index contributed by atoms with van der Waals surface area (Å²) in [5.41, 5.74) is 6.35. The lowest BCUT2D eigenvalue weighted by atomic mass is 9.93. The summed E-state index contributed by atoms with van der Waals surface area (Å²) in [5, 5.41) is 8.17. The van der Waals surface area contributed by atoms with Crippen LogP contribution in [-0.2, 0) is 7.05 Å². The average molecular weight is 269 g/mol. The molecule has 0 spiro atoms. The van der Waals surface area contributed by atoms with Crippen LogP contribution < -0.4 is 5.32 Å². The lowest BCUT2D eigenvalue weighted by molar-refractivity contribution is 0.440. The van der Waals surface area contributed by atoms with Crippen molar-refractivity contribution in [2.45, 2.75) is 32.6 Å². The maximum absolute atomic E-state index is 4.74. The predicted molar refractivity (Wildman–Crippen MR) is 83.0 cm³/mol. The van der Waals surface area contributed by atoms with Crippen molar-refractivity contribution in [3.8, 4) is 11.3 Å². The van der Waals surface area contributed by atoms with E-state index in [1.54, 1.807) is 0 Å². The number of nitrogens with zero attached hydrogens (tertiary/aromatic N) is 2. The van der Waals surface area contributed by atoms with E-state index < -0.39 is 0 Å². The minimum absolute atomic E-state index is 0.647. The van der Waals surface area contributed by atoms with Crippen LogP contribution in [0.5, 0.6) is 0 Å². The molecule has 0 atom stereocenters. The topological polar surface area (TPSA) is 29.9 Å². The number of rotatable bonds is 2. The zero-order valence-corrected chi connectivity index (χ0v) is 12.6. The van der Waals surface area contributed by atoms with Gasteiger partial charge in [0.15, 0.2) is 0 Å². The van der Waals surface area contributed by atoms with Gasteiger partial charge in [0.05, 0.1) is 5.69 Å². The standard InChI is InChI=1S/C17H23N3/c1-12-4-5-15(13(2)10-12)16-11-17(20(3)19-16)14-6-8-18-9-7-14/h4-5,10-11,14,18H,6-9H2,1-3H3. The van der Waals surface area contributed by atoms with Crippen molar-refractivity contribution >= 4 is 0 Å². The summed E-state index contributed by atoms with van der Waals surface area (Å²) in [6, 6.07) is 8.88. The van der Waals surface area contributed by atoms with Gasteiger partial charge in [-0.3, -0.25) is 4.68 Å². The maximum atomic E-state index is 4.74. The van der Waals surface area contributed by atoms with Crippen LogP contribution in [0.2, 0.25) is 0 Å². The Kier molecular flexibility index (Phi) is 3.62. The van der Waals surface area contributed by atoms with Gasteiger partial charge in [0, 0.05) is 24.2 Å². The molecule has 0 saturated carbocycles. The van der Waals surface area contributed by atoms with Crippen LogP contribution in [0.1, 0.15) is 35.6 Å². The summed E-state index contributed by atoms with van der Waals surface area (Å²) in [6.45, 7) is 6.54. The Morgan fingerprint density at radius 1 is 1.15 bits per heavy atom. The van der Waals surface area contributed by atoms with E-state index in [2.05, 4.69) is 55.2 Å². The largest absolute Gasteiger partial charge is 0.317 e. The molecule has 1 saturated heterocycles. The molecular weight excluding hydrogens is 246 g/mol. The number of aromatic nitrogens is 2. The molecule has 1 aromatic heterocycles. The fraction of sp³-hybridized carbons (Fsp3) is 0.471. The summed E-state index contributed by atoms with van der Waals surface area (Å²) in [4.78, 5) is 0. The van der Waals surface area contributed by atoms with E-state index in [0.717, 1.165) is 18.8 Å². The quantitative estimate of drug-likeness (QED) is 0.907. The maximum Gasteiger partial charge on any atom is 0.0928 e. The zero-order chi connectivity index (χ0) is 14.1. The molecule has 2 aromatic rings. The Morgan fingerprint density at radius 2 is 1.90 bits per heavy atom. The van der Waals surface area contributed by atoms with Crippen LogP contribution in [0.15, 0.2) is 24.3 Å². The second-order valence-electron chi connectivity index (χ2n) is 5.92. The van der Waals surface area contributed by atoms with Gasteiger partial charge in [-0.2, -0.15) is 5.10 Å². The molecule has 1 N–H and O–H groups in total. The number of benzene rings is 1. The van der Waals surface area contributed by atoms with Gasteiger partial charge < -0.3 is 5.32 Å². The van der Waals surface area contributed by atoms with Crippen LogP contribution in [0.4, 0.5) is 0 Å². The fourth-order valence-electron chi connectivity index (χ4n) is 3.21. The first-order valence-corrected chi connectivity index (χ1v) is 7.47. The van der Waals surface area contributed by atoms with Crippen molar-refractivity contribution in [2.75, 3.05) is 13.1 Å². The van der Waals surface area contributed by atoms with Crippen LogP contribution in [0.25, 0.3) is 11.3 Å². The molecule has 0 amide bonds. The van der Waals surface area contributed by atoms with E-state index in [0.29, 0.717) is 5.92 Å². The molecule has 0 unspecified atom stereocenters. The van der Waals surface area contributed by atoms with Gasteiger partial charge in [0.25, 0.3) is 0 Å². The lowest BCUT2D eigenvalue weighted by Crippen LogP contribution is -2.27. The minimum atomic E-state index is 0.647. The third-order valence-electron chi connectivity index (χ3n) is 4.33. The van der Waals surface area contributed by atoms with Gasteiger partial charge in [-0.15, -0.1) is 0 Å². The molecule has 0 radical (unpaired) electrons. The fourth-order valence-corrected chi connectivity index (χ4v) is 3.21. The molecule has 0 bridgehead atoms. The van der Waals surface area contributed by atoms with Crippen molar-refractivity contribution in [1.82, 2.24) is 15.1 Å². The number of nitrogens with one attached hydrogen (secondary N) is 1. The number of aryl methyl sites for hydroxylation is 3. The summed E-state index contributed by atoms with van der Waals surface area (Å²) in [7, 11) is 2.07. The predicted octanol–water partition coefficient (Wildman–Crippen LogP) is 3.17. The average Bonchev–Trinajstić information content (AvgIpc) is 2.81. The van der Waals surface area contributed by atoms with Crippen LogP contribution >= 0.6 is 0 Å². The Labute approximate surface area is 121 Å². The van der Waals surface area contributed by atoms with Gasteiger partial charge in [0.1, 0.15) is 0 Å². The Bertz CT molecular complexity index is 607. The molecular formula is C17H23N3. The second-order valence-corrected chi connectivity index (χ2v) is 5.92. The second kappa shape index (κ2) is 5.41. The summed E-state index contributed by atoms with van der Waals surface area (Å²) in [6.07, 6.45) is 2.43. The van der Waals surface area contributed by atoms with Gasteiger partial charge in [-0.25, -0.2) is 0 Å². The first-order chi connectivity index (χ1) is 9.65. The highest BCUT2D eigenvalue weighted by atomic mass is 15.3. The molecule has 3 heteroatoms. The third-order valence-corrected chi connectivity index (χ3v) is 4.33. The van der Waals surface area contributed by atoms with E-state index >= 15 is 0 Å². The minimum Gasteiger partial charge on any atom is -0.317 e. The summed E-state index contributed by atoms with van der Waals surface area (Å²) >= 11 is 0. The summed E-state index contributed by atoms with van der Waals surface area (Å²) < 4.78 is 2.07. The van der Waals surface area contributed by atoms with Crippen LogP contribution in [-0.4, -0.2) is 22.9 Å². The summed E-state index contributed by atoms with van der Waals surface area (Å²) in [5.74, 6) is 0.647. The van der Waals surface area contributed by atoms with Crippen LogP contribution in [0.3, 0.4) is 0 Å². The monoisotopic (exact) mass is 269 g/mol. The van der Waals surface area contributed by atoms with Crippen molar-refractivity contribution < 1.29 is 0 Å². The Morgan fingerprint density at radius 3 is 2.60 bits per heavy atom. The van der Waals surface area contributed by atoms with E-state index in [9.17, 15) is 0 Å². The first kappa shape index (κ1) is 13.4. The van der Waals surface area contributed by atoms with E-state index in [-0.39, 0.29) is 0 Å². The molecule has 3 nitrogen and oxygen atoms in total. The van der Waals surface area contributed by atoms with Crippen molar-refractivity contribution in [3.05, 3.63) is 41.1 Å². The highest BCUT2D eigenvalue weighted by Gasteiger charge is 2.20. The normalized spacial score (nSPS) is 16.6. The molecule has 2 heterocycles. The zero-order valence-electron chi connectivity index (χ0n) is 12.6. The Balaban J connectivity index is 1.95. The highest BCUT2D eigenvalue weighted by molar-refractivity contribution is 5.64. The third kappa shape index (κ3) is 2.50. The Hall–Kier alpha value is -1.61. The molecule has 1 aromatic carbocycles. The molecule has 20 heavy (non-hydrogen) atoms. The molecule has 3 rings (SSSR count). The van der Waals surface area contributed by atoms with Crippen LogP contribution in [0, 0.1) is 13.8 Å². The van der Waals surface area contributed by atoms with E-state index in [1.807, 2.05) is 0 Å². The van der Waals surface area contributed by atoms with Gasteiger partial charge in [-0.1, -0.05) is 23.8 Å². The van der Waals surface area contributed by atoms with E-state index in [4.69, 9.17) is 5.10 Å². The van der Waals surface area contributed by atoms with Crippen molar-refractivity contribution in [3.63, 3.8) is 0 Å². The van der Waals surface area contributed by atoms with Gasteiger partial charge in [0.2, 0.25) is 0 Å². The van der Waals surface area contributed by atoms with Crippen molar-refractivity contribution in [2.24, 2.45) is 7.05 Å². The highest BCUT2D eigenvalue weighted by Crippen LogP contribution is 2.30. The van der Waals surface area contributed by atoms with E-state index in [1.165, 1.54) is 35.2 Å². The molecule has 1 fully saturated rings.